The van der Waals surface area contributed by atoms with Crippen molar-refractivity contribution in [1.29, 1.82) is 0 Å². The number of hydrogen-bond donors (Lipinski definition) is 2. The number of nitrogens with zero attached hydrogens (tertiary/aromatic N) is 2. The van der Waals surface area contributed by atoms with E-state index in [1.165, 1.54) is 5.56 Å². The summed E-state index contributed by atoms with van der Waals surface area (Å²) in [5.41, 5.74) is 2.65. The molecule has 1 fully saturated rings. The van der Waals surface area contributed by atoms with Gasteiger partial charge in [0.25, 0.3) is 5.56 Å². The molecule has 4 rings (SSSR count). The van der Waals surface area contributed by atoms with Gasteiger partial charge in [-0.3, -0.25) is 9.69 Å². The Morgan fingerprint density at radius 3 is 2.74 bits per heavy atom. The number of aromatic amines is 1. The lowest BCUT2D eigenvalue weighted by molar-refractivity contribution is 0.0367. The molecule has 1 aromatic heterocycles. The van der Waals surface area contributed by atoms with Gasteiger partial charge in [-0.15, -0.1) is 0 Å². The Balaban J connectivity index is 1.44. The zero-order valence-electron chi connectivity index (χ0n) is 20.3. The van der Waals surface area contributed by atoms with Gasteiger partial charge in [-0.2, -0.15) is 0 Å². The maximum Gasteiger partial charge on any atom is 0.253 e. The first kappa shape index (κ1) is 25.2. The number of methoxy groups -OCH3 is 1. The molecule has 0 amide bonds. The van der Waals surface area contributed by atoms with Gasteiger partial charge in [0, 0.05) is 49.2 Å². The Bertz CT molecular complexity index is 1160. The van der Waals surface area contributed by atoms with E-state index in [9.17, 15) is 4.79 Å². The fraction of sp³-hybridized carbons (Fsp3) is 0.407. The van der Waals surface area contributed by atoms with Gasteiger partial charge in [-0.05, 0) is 54.9 Å². The lowest BCUT2D eigenvalue weighted by Gasteiger charge is -2.29. The summed E-state index contributed by atoms with van der Waals surface area (Å²) >= 11 is 5.79. The largest absolute Gasteiger partial charge is 0.497 e. The van der Waals surface area contributed by atoms with Crippen LogP contribution in [-0.4, -0.2) is 72.9 Å². The van der Waals surface area contributed by atoms with Gasteiger partial charge in [-0.1, -0.05) is 30.3 Å². The molecule has 35 heavy (non-hydrogen) atoms. The van der Waals surface area contributed by atoms with E-state index in [1.807, 2.05) is 42.5 Å². The number of thiocarbonyl (C=S) groups is 1. The lowest BCUT2D eigenvalue weighted by Crippen LogP contribution is -2.43. The molecule has 3 aromatic rings. The molecule has 8 heteroatoms. The van der Waals surface area contributed by atoms with Crippen molar-refractivity contribution in [3.05, 3.63) is 76.1 Å². The number of benzene rings is 2. The summed E-state index contributed by atoms with van der Waals surface area (Å²) in [5, 5.41) is 5.02. The molecule has 2 N–H and O–H groups in total. The summed E-state index contributed by atoms with van der Waals surface area (Å²) in [7, 11) is 1.64. The molecule has 0 saturated carbocycles. The minimum atomic E-state index is -0.0899. The molecule has 0 aliphatic carbocycles. The number of ether oxygens (including phenoxy) is 2. The summed E-state index contributed by atoms with van der Waals surface area (Å²) in [6.07, 6.45) is 1.85. The van der Waals surface area contributed by atoms with Gasteiger partial charge < -0.3 is 24.7 Å². The molecule has 0 unspecified atom stereocenters. The van der Waals surface area contributed by atoms with E-state index in [0.29, 0.717) is 17.2 Å². The van der Waals surface area contributed by atoms with Crippen molar-refractivity contribution in [1.82, 2.24) is 20.1 Å². The van der Waals surface area contributed by atoms with Gasteiger partial charge in [0.05, 0.1) is 26.9 Å². The highest BCUT2D eigenvalue weighted by Crippen LogP contribution is 2.19. The first-order chi connectivity index (χ1) is 17.1. The highest BCUT2D eigenvalue weighted by atomic mass is 32.1. The standard InChI is InChI=1S/C27H34N4O3S/c1-33-24-8-9-25-22(19-24)18-23(26(32)29-25)20-31(13-5-12-30-14-16-34-17-15-30)27(35)28-11-10-21-6-3-2-4-7-21/h2-4,6-9,18-19H,5,10-17,20H2,1H3,(H,28,35)(H,29,32). The third-order valence-electron chi connectivity index (χ3n) is 6.32. The summed E-state index contributed by atoms with van der Waals surface area (Å²) in [6.45, 7) is 6.45. The molecule has 2 aromatic carbocycles. The van der Waals surface area contributed by atoms with Gasteiger partial charge in [0.15, 0.2) is 5.11 Å². The van der Waals surface area contributed by atoms with Crippen LogP contribution in [0, 0.1) is 0 Å². The van der Waals surface area contributed by atoms with E-state index in [2.05, 4.69) is 32.2 Å². The Kier molecular flexibility index (Phi) is 9.11. The molecule has 0 spiro atoms. The first-order valence-corrected chi connectivity index (χ1v) is 12.6. The molecule has 186 valence electrons. The Labute approximate surface area is 212 Å². The van der Waals surface area contributed by atoms with Crippen LogP contribution in [0.1, 0.15) is 17.5 Å². The predicted octanol–water partition coefficient (Wildman–Crippen LogP) is 3.18. The van der Waals surface area contributed by atoms with E-state index in [0.717, 1.165) is 75.4 Å². The SMILES string of the molecule is COc1ccc2[nH]c(=O)c(CN(CCCN3CCOCC3)C(=S)NCCc3ccccc3)cc2c1. The van der Waals surface area contributed by atoms with Gasteiger partial charge in [0.2, 0.25) is 0 Å². The second-order valence-corrected chi connectivity index (χ2v) is 9.16. The molecule has 0 radical (unpaired) electrons. The molecule has 1 aliphatic heterocycles. The molecule has 0 bridgehead atoms. The van der Waals surface area contributed by atoms with Gasteiger partial charge in [0.1, 0.15) is 5.75 Å². The van der Waals surface area contributed by atoms with Gasteiger partial charge >= 0.3 is 0 Å². The number of H-pyrrole nitrogens is 1. The number of nitrogens with one attached hydrogen (secondary N) is 2. The van der Waals surface area contributed by atoms with E-state index in [-0.39, 0.29) is 5.56 Å². The lowest BCUT2D eigenvalue weighted by atomic mass is 10.1. The molecule has 1 saturated heterocycles. The van der Waals surface area contributed by atoms with Crippen LogP contribution in [0.25, 0.3) is 10.9 Å². The Hall–Kier alpha value is -2.94. The van der Waals surface area contributed by atoms with Crippen molar-refractivity contribution >= 4 is 28.2 Å². The summed E-state index contributed by atoms with van der Waals surface area (Å²) in [6, 6.07) is 18.0. The van der Waals surface area contributed by atoms with Crippen molar-refractivity contribution in [2.24, 2.45) is 0 Å². The highest BCUT2D eigenvalue weighted by molar-refractivity contribution is 7.80. The second-order valence-electron chi connectivity index (χ2n) is 8.77. The number of aromatic nitrogens is 1. The smallest absolute Gasteiger partial charge is 0.253 e. The zero-order valence-corrected chi connectivity index (χ0v) is 21.1. The average Bonchev–Trinajstić information content (AvgIpc) is 2.89. The fourth-order valence-electron chi connectivity index (χ4n) is 4.31. The number of rotatable bonds is 10. The van der Waals surface area contributed by atoms with Crippen molar-refractivity contribution in [3.63, 3.8) is 0 Å². The summed E-state index contributed by atoms with van der Waals surface area (Å²) < 4.78 is 10.8. The topological polar surface area (TPSA) is 69.8 Å². The van der Waals surface area contributed by atoms with E-state index in [1.54, 1.807) is 7.11 Å². The maximum absolute atomic E-state index is 12.9. The third kappa shape index (κ3) is 7.27. The van der Waals surface area contributed by atoms with Crippen molar-refractivity contribution in [2.75, 3.05) is 53.0 Å². The first-order valence-electron chi connectivity index (χ1n) is 12.2. The van der Waals surface area contributed by atoms with E-state index >= 15 is 0 Å². The molecular weight excluding hydrogens is 460 g/mol. The molecular formula is C27H34N4O3S. The zero-order chi connectivity index (χ0) is 24.5. The van der Waals surface area contributed by atoms with Crippen LogP contribution < -0.4 is 15.6 Å². The number of pyridine rings is 1. The second kappa shape index (κ2) is 12.7. The summed E-state index contributed by atoms with van der Waals surface area (Å²) in [5.74, 6) is 0.760. The minimum Gasteiger partial charge on any atom is -0.497 e. The van der Waals surface area contributed by atoms with Crippen molar-refractivity contribution < 1.29 is 9.47 Å². The number of hydrogen-bond acceptors (Lipinski definition) is 5. The predicted molar refractivity (Wildman–Crippen MR) is 144 cm³/mol. The normalized spacial score (nSPS) is 14.1. The average molecular weight is 495 g/mol. The number of morpholine rings is 1. The van der Waals surface area contributed by atoms with Crippen LogP contribution in [0.5, 0.6) is 5.75 Å². The summed E-state index contributed by atoms with van der Waals surface area (Å²) in [4.78, 5) is 20.4. The van der Waals surface area contributed by atoms with Crippen LogP contribution in [-0.2, 0) is 17.7 Å². The molecule has 0 atom stereocenters. The quantitative estimate of drug-likeness (QED) is 0.420. The van der Waals surface area contributed by atoms with Crippen molar-refractivity contribution in [2.45, 2.75) is 19.4 Å². The minimum absolute atomic E-state index is 0.0899. The molecule has 2 heterocycles. The van der Waals surface area contributed by atoms with Gasteiger partial charge in [-0.25, -0.2) is 0 Å². The van der Waals surface area contributed by atoms with E-state index < -0.39 is 0 Å². The highest BCUT2D eigenvalue weighted by Gasteiger charge is 2.15. The monoisotopic (exact) mass is 494 g/mol. The van der Waals surface area contributed by atoms with Crippen LogP contribution in [0.2, 0.25) is 0 Å². The maximum atomic E-state index is 12.9. The Morgan fingerprint density at radius 2 is 1.97 bits per heavy atom. The van der Waals surface area contributed by atoms with Crippen LogP contribution in [0.3, 0.4) is 0 Å². The number of fused-ring (bicyclic) bond motifs is 1. The molecule has 7 nitrogen and oxygen atoms in total. The fourth-order valence-corrected chi connectivity index (χ4v) is 4.57. The van der Waals surface area contributed by atoms with Crippen molar-refractivity contribution in [3.8, 4) is 5.75 Å². The van der Waals surface area contributed by atoms with Crippen LogP contribution in [0.15, 0.2) is 59.4 Å². The van der Waals surface area contributed by atoms with Crippen LogP contribution in [0.4, 0.5) is 0 Å². The third-order valence-corrected chi connectivity index (χ3v) is 6.72. The van der Waals surface area contributed by atoms with E-state index in [4.69, 9.17) is 21.7 Å². The van der Waals surface area contributed by atoms with Crippen LogP contribution >= 0.6 is 12.2 Å². The Morgan fingerprint density at radius 1 is 1.17 bits per heavy atom. The molecule has 1 aliphatic rings.